The van der Waals surface area contributed by atoms with E-state index in [2.05, 4.69) is 37.9 Å². The predicted octanol–water partition coefficient (Wildman–Crippen LogP) is 1.88. The van der Waals surface area contributed by atoms with Crippen LogP contribution in [0.2, 0.25) is 0 Å². The summed E-state index contributed by atoms with van der Waals surface area (Å²) in [5.41, 5.74) is 0. The first kappa shape index (κ1) is 13.5. The lowest BCUT2D eigenvalue weighted by molar-refractivity contribution is -0.120. The number of piperidine rings is 1. The molecule has 0 bridgehead atoms. The minimum absolute atomic E-state index is 0.0955. The van der Waals surface area contributed by atoms with Crippen LogP contribution in [0, 0.1) is 11.8 Å². The van der Waals surface area contributed by atoms with Gasteiger partial charge >= 0.3 is 0 Å². The molecule has 1 saturated heterocycles. The summed E-state index contributed by atoms with van der Waals surface area (Å²) in [6.07, 6.45) is 1.13. The van der Waals surface area contributed by atoms with Crippen LogP contribution >= 0.6 is 0 Å². The van der Waals surface area contributed by atoms with Crippen molar-refractivity contribution in [3.8, 4) is 0 Å². The molecule has 16 heavy (non-hydrogen) atoms. The highest BCUT2D eigenvalue weighted by molar-refractivity contribution is 5.73. The summed E-state index contributed by atoms with van der Waals surface area (Å²) in [4.78, 5) is 13.6. The summed E-state index contributed by atoms with van der Waals surface area (Å²) in [5, 5.41) is 3.07. The van der Waals surface area contributed by atoms with Gasteiger partial charge in [0, 0.05) is 32.1 Å². The summed E-state index contributed by atoms with van der Waals surface area (Å²) in [6.45, 7) is 12.8. The Morgan fingerprint density at radius 2 is 1.88 bits per heavy atom. The van der Waals surface area contributed by atoms with Crippen LogP contribution in [0.15, 0.2) is 0 Å². The maximum absolute atomic E-state index is 11.1. The van der Waals surface area contributed by atoms with Gasteiger partial charge in [-0.15, -0.1) is 0 Å². The fraction of sp³-hybridized carbons (Fsp3) is 0.923. The van der Waals surface area contributed by atoms with Crippen molar-refractivity contribution in [1.82, 2.24) is 10.2 Å². The van der Waals surface area contributed by atoms with E-state index in [0.717, 1.165) is 13.0 Å². The van der Waals surface area contributed by atoms with Crippen LogP contribution in [0.3, 0.4) is 0 Å². The molecule has 1 aliphatic heterocycles. The van der Waals surface area contributed by atoms with Crippen molar-refractivity contribution in [3.05, 3.63) is 0 Å². The largest absolute Gasteiger partial charge is 0.352 e. The molecule has 1 N–H and O–H groups in total. The molecule has 0 aromatic heterocycles. The lowest BCUT2D eigenvalue weighted by Gasteiger charge is -2.41. The number of amides is 1. The van der Waals surface area contributed by atoms with Gasteiger partial charge in [-0.25, -0.2) is 0 Å². The molecular formula is C13H26N2O. The zero-order chi connectivity index (χ0) is 12.3. The molecule has 1 heterocycles. The predicted molar refractivity (Wildman–Crippen MR) is 67.3 cm³/mol. The summed E-state index contributed by atoms with van der Waals surface area (Å²) >= 11 is 0. The average molecular weight is 226 g/mol. The minimum atomic E-state index is 0.0955. The molecule has 3 nitrogen and oxygen atoms in total. The van der Waals surface area contributed by atoms with Gasteiger partial charge in [-0.2, -0.15) is 0 Å². The first-order valence-corrected chi connectivity index (χ1v) is 6.41. The van der Waals surface area contributed by atoms with Crippen molar-refractivity contribution < 1.29 is 4.79 Å². The van der Waals surface area contributed by atoms with Gasteiger partial charge in [-0.05, 0) is 32.1 Å². The standard InChI is InChI=1S/C13H26N2O/c1-9(2)12-6-13(14-11(5)16)8-15(7-12)10(3)4/h9-10,12-13H,6-8H2,1-5H3,(H,14,16). The highest BCUT2D eigenvalue weighted by Crippen LogP contribution is 2.25. The van der Waals surface area contributed by atoms with Gasteiger partial charge in [0.25, 0.3) is 0 Å². The monoisotopic (exact) mass is 226 g/mol. The summed E-state index contributed by atoms with van der Waals surface area (Å²) in [5.74, 6) is 1.49. The molecule has 2 unspecified atom stereocenters. The van der Waals surface area contributed by atoms with E-state index in [0.29, 0.717) is 23.9 Å². The molecule has 1 rings (SSSR count). The fourth-order valence-electron chi connectivity index (χ4n) is 2.47. The normalized spacial score (nSPS) is 27.4. The molecule has 94 valence electrons. The number of hydrogen-bond acceptors (Lipinski definition) is 2. The van der Waals surface area contributed by atoms with Gasteiger partial charge in [-0.3, -0.25) is 9.69 Å². The van der Waals surface area contributed by atoms with Crippen LogP contribution in [-0.2, 0) is 4.79 Å². The number of rotatable bonds is 3. The third kappa shape index (κ3) is 3.78. The molecule has 0 spiro atoms. The Morgan fingerprint density at radius 1 is 1.25 bits per heavy atom. The minimum Gasteiger partial charge on any atom is -0.352 e. The molecule has 3 heteroatoms. The van der Waals surface area contributed by atoms with Crippen LogP contribution in [0.25, 0.3) is 0 Å². The molecule has 0 aliphatic carbocycles. The lowest BCUT2D eigenvalue weighted by atomic mass is 9.85. The maximum Gasteiger partial charge on any atom is 0.217 e. The Labute approximate surface area is 99.6 Å². The molecular weight excluding hydrogens is 200 g/mol. The number of hydrogen-bond donors (Lipinski definition) is 1. The molecule has 0 saturated carbocycles. The van der Waals surface area contributed by atoms with Crippen molar-refractivity contribution in [2.45, 2.75) is 53.1 Å². The molecule has 0 aromatic rings. The van der Waals surface area contributed by atoms with E-state index in [1.165, 1.54) is 6.54 Å². The topological polar surface area (TPSA) is 32.3 Å². The Morgan fingerprint density at radius 3 is 2.31 bits per heavy atom. The van der Waals surface area contributed by atoms with Gasteiger partial charge in [0.05, 0.1) is 0 Å². The van der Waals surface area contributed by atoms with Crippen LogP contribution in [0.4, 0.5) is 0 Å². The Kier molecular flexibility index (Phi) is 4.78. The van der Waals surface area contributed by atoms with E-state index < -0.39 is 0 Å². The van der Waals surface area contributed by atoms with Crippen LogP contribution in [0.5, 0.6) is 0 Å². The van der Waals surface area contributed by atoms with Gasteiger partial charge in [0.15, 0.2) is 0 Å². The van der Waals surface area contributed by atoms with E-state index in [-0.39, 0.29) is 5.91 Å². The quantitative estimate of drug-likeness (QED) is 0.797. The van der Waals surface area contributed by atoms with Crippen molar-refractivity contribution in [3.63, 3.8) is 0 Å². The molecule has 2 atom stereocenters. The SMILES string of the molecule is CC(=O)NC1CC(C(C)C)CN(C(C)C)C1. The van der Waals surface area contributed by atoms with Crippen molar-refractivity contribution in [2.24, 2.45) is 11.8 Å². The molecule has 1 aliphatic rings. The van der Waals surface area contributed by atoms with E-state index in [1.54, 1.807) is 6.92 Å². The average Bonchev–Trinajstić information content (AvgIpc) is 2.15. The fourth-order valence-corrected chi connectivity index (χ4v) is 2.47. The third-order valence-corrected chi connectivity index (χ3v) is 3.59. The number of carbonyl (C=O) groups is 1. The first-order chi connectivity index (χ1) is 7.40. The Bertz CT molecular complexity index is 222. The van der Waals surface area contributed by atoms with Gasteiger partial charge in [0.2, 0.25) is 5.91 Å². The van der Waals surface area contributed by atoms with Crippen molar-refractivity contribution in [2.75, 3.05) is 13.1 Å². The number of likely N-dealkylation sites (tertiary alicyclic amines) is 1. The second-order valence-corrected chi connectivity index (χ2v) is 5.68. The van der Waals surface area contributed by atoms with E-state index in [1.807, 2.05) is 0 Å². The van der Waals surface area contributed by atoms with E-state index in [9.17, 15) is 4.79 Å². The van der Waals surface area contributed by atoms with Crippen LogP contribution in [-0.4, -0.2) is 36.0 Å². The molecule has 1 amide bonds. The first-order valence-electron chi connectivity index (χ1n) is 6.41. The molecule has 0 radical (unpaired) electrons. The number of nitrogens with zero attached hydrogens (tertiary/aromatic N) is 1. The van der Waals surface area contributed by atoms with Gasteiger partial charge in [0.1, 0.15) is 0 Å². The van der Waals surface area contributed by atoms with Gasteiger partial charge < -0.3 is 5.32 Å². The highest BCUT2D eigenvalue weighted by atomic mass is 16.1. The zero-order valence-electron chi connectivity index (χ0n) is 11.3. The smallest absolute Gasteiger partial charge is 0.217 e. The van der Waals surface area contributed by atoms with E-state index >= 15 is 0 Å². The number of nitrogens with one attached hydrogen (secondary N) is 1. The Balaban J connectivity index is 2.62. The van der Waals surface area contributed by atoms with E-state index in [4.69, 9.17) is 0 Å². The second-order valence-electron chi connectivity index (χ2n) is 5.68. The number of carbonyl (C=O) groups excluding carboxylic acids is 1. The maximum atomic E-state index is 11.1. The molecule has 1 fully saturated rings. The summed E-state index contributed by atoms with van der Waals surface area (Å²) < 4.78 is 0. The lowest BCUT2D eigenvalue weighted by Crippen LogP contribution is -2.53. The summed E-state index contributed by atoms with van der Waals surface area (Å²) in [6, 6.07) is 0.902. The third-order valence-electron chi connectivity index (χ3n) is 3.59. The zero-order valence-corrected chi connectivity index (χ0v) is 11.3. The van der Waals surface area contributed by atoms with Gasteiger partial charge in [-0.1, -0.05) is 13.8 Å². The van der Waals surface area contributed by atoms with Crippen LogP contribution in [0.1, 0.15) is 41.0 Å². The highest BCUT2D eigenvalue weighted by Gasteiger charge is 2.30. The Hall–Kier alpha value is -0.570. The van der Waals surface area contributed by atoms with Crippen molar-refractivity contribution in [1.29, 1.82) is 0 Å². The summed E-state index contributed by atoms with van der Waals surface area (Å²) in [7, 11) is 0. The second kappa shape index (κ2) is 5.67. The molecule has 0 aromatic carbocycles. The van der Waals surface area contributed by atoms with Crippen LogP contribution < -0.4 is 5.32 Å². The van der Waals surface area contributed by atoms with Crippen molar-refractivity contribution >= 4 is 5.91 Å².